The summed E-state index contributed by atoms with van der Waals surface area (Å²) < 4.78 is 40.1. The summed E-state index contributed by atoms with van der Waals surface area (Å²) in [5, 5.41) is 21.3. The minimum atomic E-state index is -1.24. The number of hydrogen-bond donors (Lipinski definition) is 4. The van der Waals surface area contributed by atoms with E-state index in [1.165, 1.54) is 22.3 Å². The van der Waals surface area contributed by atoms with Crippen LogP contribution in [0.1, 0.15) is 51.3 Å². The second-order valence-corrected chi connectivity index (χ2v) is 17.6. The van der Waals surface area contributed by atoms with Gasteiger partial charge < -0.3 is 40.3 Å². The molecule has 60 heavy (non-hydrogen) atoms. The Labute approximate surface area is 355 Å². The van der Waals surface area contributed by atoms with Crippen LogP contribution in [0.15, 0.2) is 47.3 Å². The maximum atomic E-state index is 15.0. The van der Waals surface area contributed by atoms with Gasteiger partial charge in [0.1, 0.15) is 12.1 Å². The van der Waals surface area contributed by atoms with Crippen LogP contribution in [0.3, 0.4) is 0 Å². The zero-order chi connectivity index (χ0) is 43.0. The molecule has 14 nitrogen and oxygen atoms in total. The predicted octanol–water partition coefficient (Wildman–Crippen LogP) is 4.48. The van der Waals surface area contributed by atoms with E-state index >= 15 is 0 Å². The molecule has 4 aromatic rings. The fourth-order valence-electron chi connectivity index (χ4n) is 7.03. The van der Waals surface area contributed by atoms with Crippen LogP contribution in [-0.2, 0) is 30.3 Å². The van der Waals surface area contributed by atoms with Gasteiger partial charge in [0.15, 0.2) is 23.3 Å². The lowest BCUT2D eigenvalue weighted by Gasteiger charge is -2.35. The zero-order valence-electron chi connectivity index (χ0n) is 34.1. The molecule has 18 heteroatoms. The third-order valence-corrected chi connectivity index (χ3v) is 12.2. The summed E-state index contributed by atoms with van der Waals surface area (Å²) >= 11 is 2.93. The van der Waals surface area contributed by atoms with Crippen molar-refractivity contribution in [2.75, 3.05) is 57.4 Å². The molecule has 0 radical (unpaired) electrons. The zero-order valence-corrected chi connectivity index (χ0v) is 35.7. The molecule has 2 saturated heterocycles. The van der Waals surface area contributed by atoms with Gasteiger partial charge >= 0.3 is 0 Å². The van der Waals surface area contributed by atoms with E-state index in [0.717, 1.165) is 27.8 Å². The Morgan fingerprint density at radius 1 is 1.02 bits per heavy atom. The summed E-state index contributed by atoms with van der Waals surface area (Å²) in [6, 6.07) is 8.49. The topological polar surface area (TPSA) is 175 Å². The van der Waals surface area contributed by atoms with E-state index in [-0.39, 0.29) is 43.8 Å². The van der Waals surface area contributed by atoms with Gasteiger partial charge in [-0.25, -0.2) is 14.4 Å². The average molecular weight is 868 g/mol. The highest BCUT2D eigenvalue weighted by molar-refractivity contribution is 7.14. The molecule has 0 aliphatic carbocycles. The molecule has 2 aromatic heterocycles. The molecule has 0 spiro atoms. The van der Waals surface area contributed by atoms with Gasteiger partial charge in [0.2, 0.25) is 23.5 Å². The Hall–Kier alpha value is -5.04. The Bertz CT molecular complexity index is 2140. The standard InChI is InChI=1S/C42H51F2N7O7S2/c1-25-37(60-24-47-25)27-9-7-26(8-10-27)13-15-46-39(55)32-20-28(52)21-51(32)40(56)38(42(2,3)4)49-33(53)6-5-14-45-34(54)22-58-36-29(11-12-30(43)35(36)44)31-23-59-41(48-31)50-16-18-57-19-17-50/h7-12,23-24,28,32,38,52H,5-6,13-22H2,1-4H3,(H,45,54)(H,46,55)(H,49,53)/t28-,32-,38+/m0/s1. The van der Waals surface area contributed by atoms with Crippen LogP contribution in [0.2, 0.25) is 0 Å². The molecular formula is C42H51F2N7O7S2. The Morgan fingerprint density at radius 2 is 1.77 bits per heavy atom. The quantitative estimate of drug-likeness (QED) is 0.118. The highest BCUT2D eigenvalue weighted by atomic mass is 32.1. The number of aryl methyl sites for hydroxylation is 1. The number of hydrogen-bond acceptors (Lipinski definition) is 12. The summed E-state index contributed by atoms with van der Waals surface area (Å²) in [5.41, 5.74) is 4.73. The summed E-state index contributed by atoms with van der Waals surface area (Å²) in [5.74, 6) is -4.73. The molecule has 4 N–H and O–H groups in total. The minimum Gasteiger partial charge on any atom is -0.480 e. The maximum Gasteiger partial charge on any atom is 0.257 e. The molecule has 6 rings (SSSR count). The number of nitrogens with zero attached hydrogens (tertiary/aromatic N) is 4. The van der Waals surface area contributed by atoms with Crippen LogP contribution >= 0.6 is 22.7 Å². The fourth-order valence-corrected chi connectivity index (χ4v) is 8.72. The van der Waals surface area contributed by atoms with E-state index in [1.54, 1.807) is 37.5 Å². The number of aliphatic hydroxyl groups excluding tert-OH is 1. The summed E-state index contributed by atoms with van der Waals surface area (Å²) in [7, 11) is 0. The molecule has 2 fully saturated rings. The van der Waals surface area contributed by atoms with Crippen LogP contribution in [0.5, 0.6) is 5.75 Å². The van der Waals surface area contributed by atoms with Crippen LogP contribution < -0.4 is 25.6 Å². The van der Waals surface area contributed by atoms with Gasteiger partial charge in [0.25, 0.3) is 5.91 Å². The molecule has 4 heterocycles. The van der Waals surface area contributed by atoms with E-state index in [2.05, 4.69) is 25.9 Å². The number of likely N-dealkylation sites (tertiary alicyclic amines) is 1. The van der Waals surface area contributed by atoms with Gasteiger partial charge in [-0.2, -0.15) is 4.39 Å². The summed E-state index contributed by atoms with van der Waals surface area (Å²) in [4.78, 5) is 66.5. The van der Waals surface area contributed by atoms with Crippen molar-refractivity contribution in [1.82, 2.24) is 30.8 Å². The first-order valence-electron chi connectivity index (χ1n) is 19.9. The first kappa shape index (κ1) is 44.5. The fraction of sp³-hybridized carbons (Fsp3) is 0.476. The van der Waals surface area contributed by atoms with Crippen LogP contribution in [-0.4, -0.2) is 114 Å². The molecule has 4 amide bonds. The number of amides is 4. The molecule has 0 saturated carbocycles. The number of anilines is 1. The number of carbonyl (C=O) groups excluding carboxylic acids is 4. The number of benzene rings is 2. The number of ether oxygens (including phenoxy) is 2. The lowest BCUT2D eigenvalue weighted by atomic mass is 9.85. The number of halogens is 2. The molecule has 0 unspecified atom stereocenters. The number of morpholine rings is 1. The van der Waals surface area contributed by atoms with E-state index < -0.39 is 65.3 Å². The van der Waals surface area contributed by atoms with Crippen LogP contribution in [0, 0.1) is 24.0 Å². The first-order chi connectivity index (χ1) is 28.7. The lowest BCUT2D eigenvalue weighted by molar-refractivity contribution is -0.144. The highest BCUT2D eigenvalue weighted by Crippen LogP contribution is 2.36. The van der Waals surface area contributed by atoms with Crippen LogP contribution in [0.25, 0.3) is 21.7 Å². The SMILES string of the molecule is Cc1ncsc1-c1ccc(CCNC(=O)[C@@H]2C[C@H](O)CN2C(=O)[C@@H](NC(=O)CCCNC(=O)COc2c(-c3csc(N4CCOCC4)n3)ccc(F)c2F)C(C)(C)C)cc1. The number of carbonyl (C=O) groups is 4. The summed E-state index contributed by atoms with van der Waals surface area (Å²) in [6.45, 7) is 9.52. The van der Waals surface area contributed by atoms with Gasteiger partial charge in [-0.3, -0.25) is 19.2 Å². The highest BCUT2D eigenvalue weighted by Gasteiger charge is 2.44. The second-order valence-electron chi connectivity index (χ2n) is 15.9. The average Bonchev–Trinajstić information content (AvgIpc) is 3.99. The predicted molar refractivity (Wildman–Crippen MR) is 225 cm³/mol. The first-order valence-corrected chi connectivity index (χ1v) is 21.7. The molecule has 2 aliphatic rings. The van der Waals surface area contributed by atoms with Crippen molar-refractivity contribution in [2.45, 2.75) is 71.6 Å². The van der Waals surface area contributed by atoms with Crippen molar-refractivity contribution in [3.63, 3.8) is 0 Å². The van der Waals surface area contributed by atoms with Crippen molar-refractivity contribution < 1.29 is 42.5 Å². The van der Waals surface area contributed by atoms with Crippen LogP contribution in [0.4, 0.5) is 13.9 Å². The number of rotatable bonds is 16. The Morgan fingerprint density at radius 3 is 2.47 bits per heavy atom. The summed E-state index contributed by atoms with van der Waals surface area (Å²) in [6.07, 6.45) is -0.103. The number of thiazole rings is 2. The molecule has 3 atom stereocenters. The third-order valence-electron chi connectivity index (χ3n) is 10.3. The van der Waals surface area contributed by atoms with E-state index in [9.17, 15) is 33.1 Å². The minimum absolute atomic E-state index is 0.0453. The Kier molecular flexibility index (Phi) is 14.8. The smallest absolute Gasteiger partial charge is 0.257 e. The van der Waals surface area contributed by atoms with Crippen molar-refractivity contribution >= 4 is 51.4 Å². The van der Waals surface area contributed by atoms with Gasteiger partial charge in [0, 0.05) is 56.5 Å². The van der Waals surface area contributed by atoms with Gasteiger partial charge in [0.05, 0.1) is 41.1 Å². The van der Waals surface area contributed by atoms with Crippen molar-refractivity contribution in [3.8, 4) is 27.4 Å². The molecular weight excluding hydrogens is 817 g/mol. The molecule has 0 bridgehead atoms. The third kappa shape index (κ3) is 11.2. The number of aromatic nitrogens is 2. The molecule has 322 valence electrons. The van der Waals surface area contributed by atoms with Crippen molar-refractivity contribution in [1.29, 1.82) is 0 Å². The molecule has 2 aliphatic heterocycles. The monoisotopic (exact) mass is 867 g/mol. The normalized spacial score (nSPS) is 17.3. The van der Waals surface area contributed by atoms with Gasteiger partial charge in [-0.1, -0.05) is 45.0 Å². The van der Waals surface area contributed by atoms with Gasteiger partial charge in [-0.15, -0.1) is 22.7 Å². The van der Waals surface area contributed by atoms with E-state index in [4.69, 9.17) is 9.47 Å². The number of aliphatic hydroxyl groups is 1. The van der Waals surface area contributed by atoms with Crippen molar-refractivity contribution in [3.05, 3.63) is 70.2 Å². The van der Waals surface area contributed by atoms with Crippen molar-refractivity contribution in [2.24, 2.45) is 5.41 Å². The lowest BCUT2D eigenvalue weighted by Crippen LogP contribution is -2.57. The number of nitrogens with one attached hydrogen (secondary N) is 3. The maximum absolute atomic E-state index is 15.0. The van der Waals surface area contributed by atoms with E-state index in [0.29, 0.717) is 50.1 Å². The second kappa shape index (κ2) is 20.0. The largest absolute Gasteiger partial charge is 0.480 e. The van der Waals surface area contributed by atoms with E-state index in [1.807, 2.05) is 41.6 Å². The number of β-amino-alcohol motifs (C(OH)–C–C–N with tert-alkyl or cyclic N) is 1. The molecule has 2 aromatic carbocycles. The Balaban J connectivity index is 0.961. The van der Waals surface area contributed by atoms with Gasteiger partial charge in [-0.05, 0) is 48.4 Å².